The number of thiophene rings is 1. The summed E-state index contributed by atoms with van der Waals surface area (Å²) in [7, 11) is 0. The number of hydrogen-bond acceptors (Lipinski definition) is 2. The second-order valence-electron chi connectivity index (χ2n) is 2.59. The number of nitrogens with one attached hydrogen (secondary N) is 1. The second-order valence-corrected chi connectivity index (χ2v) is 3.53. The van der Waals surface area contributed by atoms with Crippen molar-refractivity contribution in [2.75, 3.05) is 6.54 Å². The summed E-state index contributed by atoms with van der Waals surface area (Å²) in [6, 6.07) is 3.73. The lowest BCUT2D eigenvalue weighted by Crippen LogP contribution is -2.23. The van der Waals surface area contributed by atoms with Crippen molar-refractivity contribution < 1.29 is 6.22 Å². The molecule has 82 valence electrons. The van der Waals surface area contributed by atoms with E-state index >= 15 is 0 Å². The molecule has 1 aromatic rings. The van der Waals surface area contributed by atoms with Crippen molar-refractivity contribution in [3.8, 4) is 0 Å². The van der Waals surface area contributed by atoms with Crippen LogP contribution in [0.4, 0.5) is 0 Å². The summed E-state index contributed by atoms with van der Waals surface area (Å²) in [6.07, 6.45) is 2.17. The monoisotopic (exact) mass is 215 g/mol. The summed E-state index contributed by atoms with van der Waals surface area (Å²) in [5.74, 6) is 0.0541. The van der Waals surface area contributed by atoms with E-state index in [1.807, 2.05) is 31.4 Å². The summed E-state index contributed by atoms with van der Waals surface area (Å²) in [4.78, 5) is 12.1. The Morgan fingerprint density at radius 1 is 1.57 bits per heavy atom. The molecular weight excluding hydrogens is 194 g/mol. The van der Waals surface area contributed by atoms with E-state index in [0.29, 0.717) is 0 Å². The van der Waals surface area contributed by atoms with E-state index in [1.54, 1.807) is 0 Å². The van der Waals surface area contributed by atoms with Crippen LogP contribution in [0.15, 0.2) is 17.5 Å². The molecule has 1 heterocycles. The Kier molecular flexibility index (Phi) is 8.24. The Labute approximate surface area is 91.8 Å². The van der Waals surface area contributed by atoms with Gasteiger partial charge in [-0.2, -0.15) is 0 Å². The lowest BCUT2D eigenvalue weighted by molar-refractivity contribution is 0.0957. The van der Waals surface area contributed by atoms with Gasteiger partial charge in [0.1, 0.15) is 0 Å². The lowest BCUT2D eigenvalue weighted by Gasteiger charge is -2.00. The number of rotatable bonds is 4. The average molecular weight is 215 g/mol. The van der Waals surface area contributed by atoms with Gasteiger partial charge >= 0.3 is 0 Å². The molecule has 0 radical (unpaired) electrons. The number of amides is 1. The molecule has 0 aliphatic heterocycles. The predicted molar refractivity (Wildman–Crippen MR) is 65.0 cm³/mol. The number of hydrogen-bond donors (Lipinski definition) is 1. The SMILES string of the molecule is CC.CCCCNC(=O)c1cccs1.[HH]. The fourth-order valence-electron chi connectivity index (χ4n) is 0.874. The molecule has 1 amide bonds. The van der Waals surface area contributed by atoms with E-state index in [-0.39, 0.29) is 7.33 Å². The molecule has 0 aromatic carbocycles. The molecule has 1 N–H and O–H groups in total. The van der Waals surface area contributed by atoms with Gasteiger partial charge in [0.15, 0.2) is 0 Å². The van der Waals surface area contributed by atoms with E-state index in [2.05, 4.69) is 12.2 Å². The van der Waals surface area contributed by atoms with Gasteiger partial charge in [0.05, 0.1) is 4.88 Å². The van der Waals surface area contributed by atoms with Crippen molar-refractivity contribution >= 4 is 17.2 Å². The first kappa shape index (κ1) is 13.2. The smallest absolute Gasteiger partial charge is 0.261 e. The molecule has 0 aliphatic carbocycles. The zero-order valence-corrected chi connectivity index (χ0v) is 9.99. The average Bonchev–Trinajstić information content (AvgIpc) is 2.74. The predicted octanol–water partition coefficient (Wildman–Crippen LogP) is 3.55. The van der Waals surface area contributed by atoms with Gasteiger partial charge in [-0.3, -0.25) is 4.79 Å². The molecular formula is C11H21NOS. The zero-order chi connectivity index (χ0) is 10.8. The van der Waals surface area contributed by atoms with E-state index in [1.165, 1.54) is 11.3 Å². The summed E-state index contributed by atoms with van der Waals surface area (Å²) in [5, 5.41) is 4.77. The third-order valence-electron chi connectivity index (χ3n) is 1.56. The third kappa shape index (κ3) is 5.02. The van der Waals surface area contributed by atoms with Crippen LogP contribution in [0.25, 0.3) is 0 Å². The van der Waals surface area contributed by atoms with Gasteiger partial charge in [-0.25, -0.2) is 0 Å². The van der Waals surface area contributed by atoms with E-state index in [9.17, 15) is 4.79 Å². The molecule has 1 aromatic heterocycles. The number of carbonyl (C=O) groups excluding carboxylic acids is 1. The molecule has 14 heavy (non-hydrogen) atoms. The first-order chi connectivity index (χ1) is 6.84. The minimum atomic E-state index is 0. The Bertz CT molecular complexity index is 237. The lowest BCUT2D eigenvalue weighted by atomic mass is 10.3. The summed E-state index contributed by atoms with van der Waals surface area (Å²) in [5.41, 5.74) is 0. The maximum absolute atomic E-state index is 11.3. The highest BCUT2D eigenvalue weighted by Crippen LogP contribution is 2.07. The van der Waals surface area contributed by atoms with Crippen molar-refractivity contribution in [3.05, 3.63) is 22.4 Å². The molecule has 1 rings (SSSR count). The van der Waals surface area contributed by atoms with Crippen molar-refractivity contribution in [1.82, 2.24) is 5.32 Å². The summed E-state index contributed by atoms with van der Waals surface area (Å²) in [6.45, 7) is 6.89. The van der Waals surface area contributed by atoms with Gasteiger partial charge in [-0.1, -0.05) is 33.3 Å². The molecule has 0 saturated heterocycles. The van der Waals surface area contributed by atoms with Crippen molar-refractivity contribution in [3.63, 3.8) is 0 Å². The highest BCUT2D eigenvalue weighted by molar-refractivity contribution is 7.12. The molecule has 0 aliphatic rings. The van der Waals surface area contributed by atoms with Gasteiger partial charge in [0.2, 0.25) is 0 Å². The van der Waals surface area contributed by atoms with Crippen LogP contribution in [0.5, 0.6) is 0 Å². The van der Waals surface area contributed by atoms with Crippen molar-refractivity contribution in [1.29, 1.82) is 0 Å². The molecule has 0 bridgehead atoms. The molecule has 2 nitrogen and oxygen atoms in total. The molecule has 0 unspecified atom stereocenters. The molecule has 0 saturated carbocycles. The molecule has 3 heteroatoms. The van der Waals surface area contributed by atoms with Gasteiger partial charge in [0, 0.05) is 7.97 Å². The van der Waals surface area contributed by atoms with E-state index in [4.69, 9.17) is 0 Å². The van der Waals surface area contributed by atoms with E-state index in [0.717, 1.165) is 24.3 Å². The van der Waals surface area contributed by atoms with Crippen LogP contribution in [0, 0.1) is 0 Å². The Hall–Kier alpha value is -0.830. The highest BCUT2D eigenvalue weighted by atomic mass is 32.1. The molecule has 0 spiro atoms. The normalized spacial score (nSPS) is 8.79. The van der Waals surface area contributed by atoms with Crippen LogP contribution < -0.4 is 5.32 Å². The van der Waals surface area contributed by atoms with Gasteiger partial charge in [-0.15, -0.1) is 11.3 Å². The minimum absolute atomic E-state index is 0. The fraction of sp³-hybridized carbons (Fsp3) is 0.545. The largest absolute Gasteiger partial charge is 0.351 e. The zero-order valence-electron chi connectivity index (χ0n) is 9.17. The number of carbonyl (C=O) groups is 1. The third-order valence-corrected chi connectivity index (χ3v) is 2.43. The fourth-order valence-corrected chi connectivity index (χ4v) is 1.51. The Balaban J connectivity index is 0. The maximum Gasteiger partial charge on any atom is 0.261 e. The number of unbranched alkanes of at least 4 members (excludes halogenated alkanes) is 1. The van der Waals surface area contributed by atoms with Crippen LogP contribution in [0.1, 0.15) is 44.7 Å². The molecule has 0 atom stereocenters. The van der Waals surface area contributed by atoms with Gasteiger partial charge < -0.3 is 5.32 Å². The summed E-state index contributed by atoms with van der Waals surface area (Å²) >= 11 is 1.48. The first-order valence-corrected chi connectivity index (χ1v) is 6.04. The van der Waals surface area contributed by atoms with Crippen LogP contribution in [-0.4, -0.2) is 12.5 Å². The summed E-state index contributed by atoms with van der Waals surface area (Å²) < 4.78 is 0. The highest BCUT2D eigenvalue weighted by Gasteiger charge is 2.03. The first-order valence-electron chi connectivity index (χ1n) is 5.16. The quantitative estimate of drug-likeness (QED) is 0.765. The second kappa shape index (κ2) is 8.75. The van der Waals surface area contributed by atoms with E-state index < -0.39 is 0 Å². The van der Waals surface area contributed by atoms with Crippen molar-refractivity contribution in [2.45, 2.75) is 33.6 Å². The Morgan fingerprint density at radius 2 is 2.29 bits per heavy atom. The maximum atomic E-state index is 11.3. The van der Waals surface area contributed by atoms with Crippen LogP contribution in [-0.2, 0) is 0 Å². The van der Waals surface area contributed by atoms with Gasteiger partial charge in [-0.05, 0) is 17.9 Å². The molecule has 0 fully saturated rings. The van der Waals surface area contributed by atoms with Crippen LogP contribution in [0.3, 0.4) is 0 Å². The topological polar surface area (TPSA) is 29.1 Å². The van der Waals surface area contributed by atoms with Crippen LogP contribution >= 0.6 is 11.3 Å². The van der Waals surface area contributed by atoms with Crippen molar-refractivity contribution in [2.24, 2.45) is 0 Å². The standard InChI is InChI=1S/C9H13NOS.C2H6.H2/c1-2-3-6-10-9(11)8-5-4-7-12-8;1-2;/h4-5,7H,2-3,6H2,1H3,(H,10,11);1-2H3;1H. The van der Waals surface area contributed by atoms with Gasteiger partial charge in [0.25, 0.3) is 5.91 Å². The minimum Gasteiger partial charge on any atom is -0.351 e. The van der Waals surface area contributed by atoms with Crippen LogP contribution in [0.2, 0.25) is 0 Å². The Morgan fingerprint density at radius 3 is 2.79 bits per heavy atom.